The Balaban J connectivity index is 1.54. The quantitative estimate of drug-likeness (QED) is 0.407. The van der Waals surface area contributed by atoms with Crippen LogP contribution in [0.5, 0.6) is 5.75 Å². The maximum atomic E-state index is 12.7. The maximum Gasteiger partial charge on any atom is 0.341 e. The molecule has 0 spiro atoms. The van der Waals surface area contributed by atoms with Crippen molar-refractivity contribution in [2.24, 2.45) is 0 Å². The van der Waals surface area contributed by atoms with Crippen molar-refractivity contribution in [3.8, 4) is 16.9 Å². The van der Waals surface area contributed by atoms with Gasteiger partial charge in [-0.15, -0.1) is 11.3 Å². The minimum absolute atomic E-state index is 0.217. The van der Waals surface area contributed by atoms with Crippen molar-refractivity contribution in [1.29, 1.82) is 0 Å². The summed E-state index contributed by atoms with van der Waals surface area (Å²) in [4.78, 5) is 29.8. The van der Waals surface area contributed by atoms with Crippen molar-refractivity contribution in [1.82, 2.24) is 9.38 Å². The Morgan fingerprint density at radius 3 is 2.69 bits per heavy atom. The highest BCUT2D eigenvalue weighted by atomic mass is 32.1. The molecule has 0 saturated carbocycles. The van der Waals surface area contributed by atoms with Crippen LogP contribution in [0.2, 0.25) is 0 Å². The van der Waals surface area contributed by atoms with E-state index in [2.05, 4.69) is 10.3 Å². The van der Waals surface area contributed by atoms with Gasteiger partial charge in [0.05, 0.1) is 12.3 Å². The average Bonchev–Trinajstić information content (AvgIpc) is 3.36. The first-order valence-electron chi connectivity index (χ1n) is 10.2. The summed E-state index contributed by atoms with van der Waals surface area (Å²) in [6.07, 6.45) is 3.75. The molecule has 0 atom stereocenters. The molecule has 0 bridgehead atoms. The molecule has 1 aromatic carbocycles. The molecular formula is C24H23N3O4S. The van der Waals surface area contributed by atoms with Gasteiger partial charge in [0.2, 0.25) is 0 Å². The van der Waals surface area contributed by atoms with Crippen LogP contribution in [0.15, 0.2) is 54.2 Å². The minimum atomic E-state index is -0.474. The van der Waals surface area contributed by atoms with Crippen LogP contribution in [0.4, 0.5) is 5.00 Å². The van der Waals surface area contributed by atoms with Crippen LogP contribution in [0, 0.1) is 13.8 Å². The molecule has 164 valence electrons. The average molecular weight is 450 g/mol. The molecule has 4 aromatic rings. The zero-order chi connectivity index (χ0) is 22.7. The van der Waals surface area contributed by atoms with E-state index >= 15 is 0 Å². The SMILES string of the molecule is CCOC(=O)c1c(-c2ccc(C)cc2)csc1NC(=O)COc1cccn2cc(C)nc12. The van der Waals surface area contributed by atoms with Crippen molar-refractivity contribution in [2.75, 3.05) is 18.5 Å². The molecule has 1 N–H and O–H groups in total. The lowest BCUT2D eigenvalue weighted by Gasteiger charge is -2.10. The van der Waals surface area contributed by atoms with Crippen molar-refractivity contribution in [2.45, 2.75) is 20.8 Å². The molecule has 0 radical (unpaired) electrons. The smallest absolute Gasteiger partial charge is 0.341 e. The number of pyridine rings is 1. The molecule has 1 amide bonds. The summed E-state index contributed by atoms with van der Waals surface area (Å²) < 4.78 is 12.8. The number of carbonyl (C=O) groups excluding carboxylic acids is 2. The van der Waals surface area contributed by atoms with E-state index in [1.807, 2.05) is 66.4 Å². The number of nitrogens with zero attached hydrogens (tertiary/aromatic N) is 2. The van der Waals surface area contributed by atoms with Gasteiger partial charge in [-0.25, -0.2) is 9.78 Å². The number of hydrogen-bond donors (Lipinski definition) is 1. The van der Waals surface area contributed by atoms with Gasteiger partial charge in [0, 0.05) is 23.3 Å². The van der Waals surface area contributed by atoms with Crippen LogP contribution >= 0.6 is 11.3 Å². The van der Waals surface area contributed by atoms with Gasteiger partial charge >= 0.3 is 5.97 Å². The standard InChI is InChI=1S/C24H23N3O4S/c1-4-30-24(29)21-18(17-9-7-15(2)8-10-17)14-32-23(21)26-20(28)13-31-19-6-5-11-27-12-16(3)25-22(19)27/h5-12,14H,4,13H2,1-3H3,(H,26,28). The zero-order valence-electron chi connectivity index (χ0n) is 18.0. The number of amides is 1. The Morgan fingerprint density at radius 1 is 1.16 bits per heavy atom. The van der Waals surface area contributed by atoms with Crippen LogP contribution in [0.25, 0.3) is 16.8 Å². The number of aryl methyl sites for hydroxylation is 2. The third-order valence-corrected chi connectivity index (χ3v) is 5.71. The predicted octanol–water partition coefficient (Wildman–Crippen LogP) is 4.87. The molecule has 3 heterocycles. The largest absolute Gasteiger partial charge is 0.480 e. The molecule has 0 unspecified atom stereocenters. The Labute approximate surface area is 189 Å². The first kappa shape index (κ1) is 21.6. The van der Waals surface area contributed by atoms with Gasteiger partial charge in [-0.1, -0.05) is 29.8 Å². The fourth-order valence-corrected chi connectivity index (χ4v) is 4.30. The Morgan fingerprint density at radius 2 is 1.94 bits per heavy atom. The summed E-state index contributed by atoms with van der Waals surface area (Å²) in [5, 5.41) is 5.08. The minimum Gasteiger partial charge on any atom is -0.480 e. The van der Waals surface area contributed by atoms with Gasteiger partial charge in [-0.2, -0.15) is 0 Å². The fourth-order valence-electron chi connectivity index (χ4n) is 3.33. The zero-order valence-corrected chi connectivity index (χ0v) is 18.9. The van der Waals surface area contributed by atoms with Gasteiger partial charge in [0.15, 0.2) is 18.0 Å². The van der Waals surface area contributed by atoms with Crippen molar-refractivity contribution in [3.05, 3.63) is 71.0 Å². The summed E-state index contributed by atoms with van der Waals surface area (Å²) in [6.45, 7) is 5.67. The number of aromatic nitrogens is 2. The Hall–Kier alpha value is -3.65. The number of hydrogen-bond acceptors (Lipinski definition) is 6. The van der Waals surface area contributed by atoms with Crippen molar-refractivity contribution in [3.63, 3.8) is 0 Å². The maximum absolute atomic E-state index is 12.7. The van der Waals surface area contributed by atoms with Crippen LogP contribution in [-0.2, 0) is 9.53 Å². The molecular weight excluding hydrogens is 426 g/mol. The third-order valence-electron chi connectivity index (χ3n) is 4.81. The fraction of sp³-hybridized carbons (Fsp3) is 0.208. The lowest BCUT2D eigenvalue weighted by Crippen LogP contribution is -2.21. The van der Waals surface area contributed by atoms with E-state index < -0.39 is 5.97 Å². The first-order chi connectivity index (χ1) is 15.5. The van der Waals surface area contributed by atoms with Gasteiger partial charge in [0.25, 0.3) is 5.91 Å². The second kappa shape index (κ2) is 9.23. The topological polar surface area (TPSA) is 81.9 Å². The molecule has 0 aliphatic heterocycles. The van der Waals surface area contributed by atoms with Crippen molar-refractivity contribution < 1.29 is 19.1 Å². The predicted molar refractivity (Wildman–Crippen MR) is 125 cm³/mol. The molecule has 8 heteroatoms. The Bertz CT molecular complexity index is 1270. The number of benzene rings is 1. The number of anilines is 1. The molecule has 0 aliphatic carbocycles. The van der Waals surface area contributed by atoms with Crippen LogP contribution in [0.1, 0.15) is 28.5 Å². The van der Waals surface area contributed by atoms with Gasteiger partial charge in [-0.3, -0.25) is 4.79 Å². The molecule has 4 rings (SSSR count). The number of carbonyl (C=O) groups is 2. The highest BCUT2D eigenvalue weighted by Gasteiger charge is 2.23. The monoisotopic (exact) mass is 449 g/mol. The van der Waals surface area contributed by atoms with Crippen LogP contribution in [-0.4, -0.2) is 34.5 Å². The van der Waals surface area contributed by atoms with Crippen LogP contribution < -0.4 is 10.1 Å². The van der Waals surface area contributed by atoms with Crippen molar-refractivity contribution >= 4 is 33.9 Å². The summed E-state index contributed by atoms with van der Waals surface area (Å²) in [6, 6.07) is 11.4. The molecule has 7 nitrogen and oxygen atoms in total. The molecule has 0 fully saturated rings. The highest BCUT2D eigenvalue weighted by molar-refractivity contribution is 7.15. The number of imidazole rings is 1. The number of nitrogens with one attached hydrogen (secondary N) is 1. The van der Waals surface area contributed by atoms with Gasteiger partial charge < -0.3 is 19.2 Å². The van der Waals surface area contributed by atoms with E-state index in [-0.39, 0.29) is 19.1 Å². The second-order valence-corrected chi connectivity index (χ2v) is 8.14. The highest BCUT2D eigenvalue weighted by Crippen LogP contribution is 2.36. The van der Waals surface area contributed by atoms with Gasteiger partial charge in [0.1, 0.15) is 10.6 Å². The van der Waals surface area contributed by atoms with E-state index in [4.69, 9.17) is 9.47 Å². The van der Waals surface area contributed by atoms with E-state index in [1.165, 1.54) is 11.3 Å². The van der Waals surface area contributed by atoms with E-state index in [0.29, 0.717) is 22.0 Å². The lowest BCUT2D eigenvalue weighted by atomic mass is 10.0. The summed E-state index contributed by atoms with van der Waals surface area (Å²) in [5.74, 6) is -0.343. The normalized spacial score (nSPS) is 10.8. The molecule has 0 saturated heterocycles. The number of esters is 1. The number of fused-ring (bicyclic) bond motifs is 1. The van der Waals surface area contributed by atoms with E-state index in [9.17, 15) is 9.59 Å². The third kappa shape index (κ3) is 4.50. The second-order valence-electron chi connectivity index (χ2n) is 7.26. The van der Waals surface area contributed by atoms with Gasteiger partial charge in [-0.05, 0) is 38.5 Å². The van der Waals surface area contributed by atoms with E-state index in [0.717, 1.165) is 22.4 Å². The molecule has 3 aromatic heterocycles. The van der Waals surface area contributed by atoms with E-state index in [1.54, 1.807) is 13.0 Å². The lowest BCUT2D eigenvalue weighted by molar-refractivity contribution is -0.118. The summed E-state index contributed by atoms with van der Waals surface area (Å²) in [5.41, 5.74) is 4.57. The Kier molecular flexibility index (Phi) is 6.23. The summed E-state index contributed by atoms with van der Waals surface area (Å²) in [7, 11) is 0. The molecule has 0 aliphatic rings. The number of thiophene rings is 1. The number of ether oxygens (including phenoxy) is 2. The summed E-state index contributed by atoms with van der Waals surface area (Å²) >= 11 is 1.28. The first-order valence-corrected chi connectivity index (χ1v) is 11.1. The van der Waals surface area contributed by atoms with Crippen LogP contribution in [0.3, 0.4) is 0 Å². The number of rotatable bonds is 7. The molecule has 32 heavy (non-hydrogen) atoms.